The zero-order valence-electron chi connectivity index (χ0n) is 14.1. The Hall–Kier alpha value is -2.10. The quantitative estimate of drug-likeness (QED) is 0.900. The molecular formula is C19H26N4. The first-order valence-electron chi connectivity index (χ1n) is 8.58. The van der Waals surface area contributed by atoms with E-state index in [1.165, 1.54) is 37.7 Å². The van der Waals surface area contributed by atoms with Gasteiger partial charge in [-0.1, -0.05) is 49.6 Å². The van der Waals surface area contributed by atoms with E-state index >= 15 is 0 Å². The van der Waals surface area contributed by atoms with Crippen LogP contribution in [0.1, 0.15) is 43.4 Å². The molecule has 2 aromatic rings. The van der Waals surface area contributed by atoms with Crippen LogP contribution < -0.4 is 10.2 Å². The number of benzene rings is 1. The van der Waals surface area contributed by atoms with Gasteiger partial charge in [0.05, 0.1) is 0 Å². The molecule has 23 heavy (non-hydrogen) atoms. The summed E-state index contributed by atoms with van der Waals surface area (Å²) in [5.41, 5.74) is 2.29. The monoisotopic (exact) mass is 310 g/mol. The molecule has 4 heteroatoms. The summed E-state index contributed by atoms with van der Waals surface area (Å²) in [5, 5.41) is 3.53. The molecule has 0 aliphatic heterocycles. The fraction of sp³-hybridized carbons (Fsp3) is 0.474. The van der Waals surface area contributed by atoms with Gasteiger partial charge in [-0.2, -0.15) is 4.98 Å². The van der Waals surface area contributed by atoms with Crippen molar-refractivity contribution in [1.29, 1.82) is 0 Å². The fourth-order valence-electron chi connectivity index (χ4n) is 3.18. The van der Waals surface area contributed by atoms with Gasteiger partial charge in [-0.25, -0.2) is 4.98 Å². The maximum Gasteiger partial charge on any atom is 0.225 e. The number of aryl methyl sites for hydroxylation is 1. The first kappa shape index (κ1) is 15.8. The van der Waals surface area contributed by atoms with Gasteiger partial charge in [0.25, 0.3) is 0 Å². The molecule has 122 valence electrons. The third-order valence-corrected chi connectivity index (χ3v) is 4.43. The summed E-state index contributed by atoms with van der Waals surface area (Å²) in [7, 11) is 2.08. The molecule has 0 unspecified atom stereocenters. The van der Waals surface area contributed by atoms with Crippen LogP contribution in [0.2, 0.25) is 0 Å². The highest BCUT2D eigenvalue weighted by Crippen LogP contribution is 2.22. The molecule has 1 N–H and O–H groups in total. The normalized spacial score (nSPS) is 15.4. The lowest BCUT2D eigenvalue weighted by Crippen LogP contribution is -2.25. The smallest absolute Gasteiger partial charge is 0.225 e. The van der Waals surface area contributed by atoms with E-state index in [2.05, 4.69) is 52.6 Å². The second-order valence-electron chi connectivity index (χ2n) is 6.51. The van der Waals surface area contributed by atoms with Crippen molar-refractivity contribution in [3.63, 3.8) is 0 Å². The highest BCUT2D eigenvalue weighted by atomic mass is 15.2. The molecular weight excluding hydrogens is 284 g/mol. The second-order valence-corrected chi connectivity index (χ2v) is 6.51. The molecule has 1 aromatic heterocycles. The minimum Gasteiger partial charge on any atom is -0.355 e. The number of rotatable bonds is 5. The third-order valence-electron chi connectivity index (χ3n) is 4.43. The van der Waals surface area contributed by atoms with Gasteiger partial charge < -0.3 is 10.2 Å². The van der Waals surface area contributed by atoms with Gasteiger partial charge in [-0.3, -0.25) is 0 Å². The summed E-state index contributed by atoms with van der Waals surface area (Å²) in [4.78, 5) is 11.5. The van der Waals surface area contributed by atoms with Crippen LogP contribution in [0.4, 0.5) is 11.8 Å². The molecule has 0 bridgehead atoms. The Balaban J connectivity index is 1.71. The molecule has 0 atom stereocenters. The zero-order valence-corrected chi connectivity index (χ0v) is 14.1. The zero-order chi connectivity index (χ0) is 16.1. The maximum absolute atomic E-state index is 4.73. The molecule has 3 rings (SSSR count). The highest BCUT2D eigenvalue weighted by Gasteiger charge is 2.15. The predicted molar refractivity (Wildman–Crippen MR) is 95.8 cm³/mol. The van der Waals surface area contributed by atoms with Gasteiger partial charge in [0.2, 0.25) is 5.95 Å². The molecule has 0 radical (unpaired) electrons. The maximum atomic E-state index is 4.73. The number of anilines is 2. The topological polar surface area (TPSA) is 41.1 Å². The lowest BCUT2D eigenvalue weighted by atomic mass is 9.96. The molecule has 0 amide bonds. The van der Waals surface area contributed by atoms with E-state index in [1.807, 2.05) is 13.0 Å². The van der Waals surface area contributed by atoms with E-state index in [1.54, 1.807) is 0 Å². The molecule has 1 aliphatic carbocycles. The van der Waals surface area contributed by atoms with Crippen molar-refractivity contribution in [1.82, 2.24) is 9.97 Å². The first-order valence-corrected chi connectivity index (χ1v) is 8.58. The van der Waals surface area contributed by atoms with E-state index in [-0.39, 0.29) is 0 Å². The van der Waals surface area contributed by atoms with Crippen LogP contribution in [0.15, 0.2) is 36.4 Å². The largest absolute Gasteiger partial charge is 0.355 e. The van der Waals surface area contributed by atoms with Gasteiger partial charge in [0.15, 0.2) is 0 Å². The molecule has 4 nitrogen and oxygen atoms in total. The summed E-state index contributed by atoms with van der Waals surface area (Å²) in [6, 6.07) is 13.1. The van der Waals surface area contributed by atoms with Crippen LogP contribution in [0.25, 0.3) is 0 Å². The predicted octanol–water partition coefficient (Wildman–Crippen LogP) is 4.17. The van der Waals surface area contributed by atoms with Crippen molar-refractivity contribution in [3.8, 4) is 0 Å². The third kappa shape index (κ3) is 4.44. The standard InChI is InChI=1S/C19H26N4/c1-15-13-18(23(2)14-16-9-5-3-6-10-16)22-19(20-15)21-17-11-7-4-8-12-17/h3,5-6,9-10,13,17H,4,7-8,11-12,14H2,1-2H3,(H,20,21,22). The van der Waals surface area contributed by atoms with E-state index in [0.29, 0.717) is 6.04 Å². The van der Waals surface area contributed by atoms with Gasteiger partial charge in [-0.05, 0) is 25.3 Å². The van der Waals surface area contributed by atoms with Crippen molar-refractivity contribution in [2.24, 2.45) is 0 Å². The number of aromatic nitrogens is 2. The Morgan fingerprint density at radius 3 is 2.57 bits per heavy atom. The van der Waals surface area contributed by atoms with E-state index < -0.39 is 0 Å². The van der Waals surface area contributed by atoms with Crippen LogP contribution in [-0.2, 0) is 6.54 Å². The average Bonchev–Trinajstić information content (AvgIpc) is 2.56. The summed E-state index contributed by atoms with van der Waals surface area (Å²) in [5.74, 6) is 1.74. The molecule has 0 spiro atoms. The van der Waals surface area contributed by atoms with Crippen LogP contribution >= 0.6 is 0 Å². The molecule has 1 aliphatic rings. The Kier molecular flexibility index (Phi) is 5.11. The van der Waals surface area contributed by atoms with Gasteiger partial charge in [0, 0.05) is 31.4 Å². The Labute approximate surface area is 139 Å². The molecule has 1 fully saturated rings. The first-order chi connectivity index (χ1) is 11.2. The molecule has 1 aromatic carbocycles. The highest BCUT2D eigenvalue weighted by molar-refractivity contribution is 5.45. The summed E-state index contributed by atoms with van der Waals surface area (Å²) in [6.45, 7) is 2.88. The number of nitrogens with zero attached hydrogens (tertiary/aromatic N) is 3. The van der Waals surface area contributed by atoms with Crippen LogP contribution in [0.3, 0.4) is 0 Å². The van der Waals surface area contributed by atoms with Crippen molar-refractivity contribution in [3.05, 3.63) is 47.7 Å². The minimum absolute atomic E-state index is 0.526. The van der Waals surface area contributed by atoms with Crippen molar-refractivity contribution >= 4 is 11.8 Å². The summed E-state index contributed by atoms with van der Waals surface area (Å²) >= 11 is 0. The molecule has 1 heterocycles. The Morgan fingerprint density at radius 2 is 1.83 bits per heavy atom. The number of hydrogen-bond donors (Lipinski definition) is 1. The van der Waals surface area contributed by atoms with E-state index in [9.17, 15) is 0 Å². The van der Waals surface area contributed by atoms with E-state index in [4.69, 9.17) is 4.98 Å². The Bertz CT molecular complexity index is 621. The summed E-state index contributed by atoms with van der Waals surface area (Å²) < 4.78 is 0. The average molecular weight is 310 g/mol. The minimum atomic E-state index is 0.526. The Morgan fingerprint density at radius 1 is 1.09 bits per heavy atom. The van der Waals surface area contributed by atoms with Gasteiger partial charge in [0.1, 0.15) is 5.82 Å². The van der Waals surface area contributed by atoms with Crippen molar-refractivity contribution in [2.45, 2.75) is 51.6 Å². The SMILES string of the molecule is Cc1cc(N(C)Cc2ccccc2)nc(NC2CCCCC2)n1. The lowest BCUT2D eigenvalue weighted by molar-refractivity contribution is 0.460. The van der Waals surface area contributed by atoms with Crippen molar-refractivity contribution < 1.29 is 0 Å². The number of hydrogen-bond acceptors (Lipinski definition) is 4. The van der Waals surface area contributed by atoms with Crippen LogP contribution in [0.5, 0.6) is 0 Å². The molecule has 1 saturated carbocycles. The van der Waals surface area contributed by atoms with Crippen molar-refractivity contribution in [2.75, 3.05) is 17.3 Å². The van der Waals surface area contributed by atoms with Gasteiger partial charge in [-0.15, -0.1) is 0 Å². The summed E-state index contributed by atoms with van der Waals surface area (Å²) in [6.07, 6.45) is 6.44. The lowest BCUT2D eigenvalue weighted by Gasteiger charge is -2.24. The molecule has 0 saturated heterocycles. The number of nitrogens with one attached hydrogen (secondary N) is 1. The van der Waals surface area contributed by atoms with E-state index in [0.717, 1.165) is 24.0 Å². The second kappa shape index (κ2) is 7.44. The van der Waals surface area contributed by atoms with Crippen LogP contribution in [0, 0.1) is 6.92 Å². The van der Waals surface area contributed by atoms with Gasteiger partial charge >= 0.3 is 0 Å². The van der Waals surface area contributed by atoms with Crippen LogP contribution in [-0.4, -0.2) is 23.1 Å². The fourth-order valence-corrected chi connectivity index (χ4v) is 3.18.